The Morgan fingerprint density at radius 2 is 2.21 bits per heavy atom. The summed E-state index contributed by atoms with van der Waals surface area (Å²) in [6.07, 6.45) is 2.46. The van der Waals surface area contributed by atoms with Crippen molar-refractivity contribution in [3.8, 4) is 0 Å². The van der Waals surface area contributed by atoms with E-state index < -0.39 is 0 Å². The quantitative estimate of drug-likeness (QED) is 0.406. The minimum atomic E-state index is -0.251. The van der Waals surface area contributed by atoms with Gasteiger partial charge in [0.25, 0.3) is 0 Å². The highest BCUT2D eigenvalue weighted by Gasteiger charge is 2.04. The van der Waals surface area contributed by atoms with Gasteiger partial charge in [0, 0.05) is 36.8 Å². The van der Waals surface area contributed by atoms with E-state index in [0.717, 1.165) is 16.7 Å². The standard InChI is InChI=1S/C17H21BrFN3O2/c1-20-17(22-11-13-5-6-14(18)10-16(13)19)21-7-3-8-23-12-15-4-2-9-24-15/h2,4-6,9-10H,3,7-8,11-12H2,1H3,(H2,20,21,22). The van der Waals surface area contributed by atoms with E-state index in [1.165, 1.54) is 6.07 Å². The van der Waals surface area contributed by atoms with Crippen LogP contribution >= 0.6 is 15.9 Å². The molecule has 0 bridgehead atoms. The summed E-state index contributed by atoms with van der Waals surface area (Å²) < 4.78 is 25.2. The predicted molar refractivity (Wildman–Crippen MR) is 95.3 cm³/mol. The third-order valence-corrected chi connectivity index (χ3v) is 3.76. The Kier molecular flexibility index (Phi) is 7.77. The Hall–Kier alpha value is -1.86. The molecule has 2 rings (SSSR count). The molecule has 0 radical (unpaired) electrons. The zero-order valence-electron chi connectivity index (χ0n) is 13.5. The zero-order chi connectivity index (χ0) is 17.2. The summed E-state index contributed by atoms with van der Waals surface area (Å²) in [5, 5.41) is 6.25. The maximum absolute atomic E-state index is 13.8. The fourth-order valence-corrected chi connectivity index (χ4v) is 2.35. The summed E-state index contributed by atoms with van der Waals surface area (Å²) in [5.74, 6) is 1.19. The minimum Gasteiger partial charge on any atom is -0.467 e. The maximum atomic E-state index is 13.8. The molecular weight excluding hydrogens is 377 g/mol. The Morgan fingerprint density at radius 3 is 2.92 bits per heavy atom. The van der Waals surface area contributed by atoms with Gasteiger partial charge in [-0.25, -0.2) is 4.39 Å². The van der Waals surface area contributed by atoms with Gasteiger partial charge in [0.2, 0.25) is 0 Å². The van der Waals surface area contributed by atoms with E-state index in [4.69, 9.17) is 9.15 Å². The average Bonchev–Trinajstić information content (AvgIpc) is 3.08. The van der Waals surface area contributed by atoms with Crippen molar-refractivity contribution in [1.82, 2.24) is 10.6 Å². The van der Waals surface area contributed by atoms with E-state index in [1.54, 1.807) is 19.4 Å². The van der Waals surface area contributed by atoms with E-state index in [9.17, 15) is 4.39 Å². The van der Waals surface area contributed by atoms with Gasteiger partial charge < -0.3 is 19.8 Å². The summed E-state index contributed by atoms with van der Waals surface area (Å²) >= 11 is 3.24. The van der Waals surface area contributed by atoms with Gasteiger partial charge in [0.1, 0.15) is 18.2 Å². The van der Waals surface area contributed by atoms with E-state index in [0.29, 0.717) is 37.8 Å². The van der Waals surface area contributed by atoms with Crippen molar-refractivity contribution in [3.63, 3.8) is 0 Å². The maximum Gasteiger partial charge on any atom is 0.191 e. The first kappa shape index (κ1) is 18.5. The highest BCUT2D eigenvalue weighted by atomic mass is 79.9. The summed E-state index contributed by atoms with van der Waals surface area (Å²) in [6, 6.07) is 8.72. The monoisotopic (exact) mass is 397 g/mol. The van der Waals surface area contributed by atoms with E-state index in [1.807, 2.05) is 18.2 Å². The largest absolute Gasteiger partial charge is 0.467 e. The molecule has 1 aromatic heterocycles. The molecular formula is C17H21BrFN3O2. The lowest BCUT2D eigenvalue weighted by atomic mass is 10.2. The second-order valence-corrected chi connectivity index (χ2v) is 5.99. The summed E-state index contributed by atoms with van der Waals surface area (Å²) in [6.45, 7) is 2.17. The molecule has 1 aromatic carbocycles. The Bertz CT molecular complexity index is 647. The molecule has 1 heterocycles. The van der Waals surface area contributed by atoms with Crippen LogP contribution in [0.15, 0.2) is 50.5 Å². The smallest absolute Gasteiger partial charge is 0.191 e. The summed E-state index contributed by atoms with van der Waals surface area (Å²) in [4.78, 5) is 4.12. The van der Waals surface area contributed by atoms with Gasteiger partial charge in [-0.15, -0.1) is 0 Å². The van der Waals surface area contributed by atoms with Crippen molar-refractivity contribution in [1.29, 1.82) is 0 Å². The molecule has 0 spiro atoms. The third kappa shape index (κ3) is 6.33. The van der Waals surface area contributed by atoms with Crippen molar-refractivity contribution < 1.29 is 13.5 Å². The van der Waals surface area contributed by atoms with Gasteiger partial charge in [0.15, 0.2) is 5.96 Å². The van der Waals surface area contributed by atoms with Crippen LogP contribution in [0.3, 0.4) is 0 Å². The zero-order valence-corrected chi connectivity index (χ0v) is 15.1. The van der Waals surface area contributed by atoms with Gasteiger partial charge in [-0.05, 0) is 30.7 Å². The number of nitrogens with one attached hydrogen (secondary N) is 2. The number of hydrogen-bond acceptors (Lipinski definition) is 3. The Labute approximate surface area is 149 Å². The number of guanidine groups is 1. The first-order valence-electron chi connectivity index (χ1n) is 7.67. The molecule has 2 aromatic rings. The van der Waals surface area contributed by atoms with Gasteiger partial charge in [0.05, 0.1) is 6.26 Å². The van der Waals surface area contributed by atoms with Crippen molar-refractivity contribution >= 4 is 21.9 Å². The molecule has 130 valence electrons. The molecule has 0 atom stereocenters. The number of aliphatic imine (C=N–C) groups is 1. The van der Waals surface area contributed by atoms with Gasteiger partial charge in [-0.2, -0.15) is 0 Å². The Balaban J connectivity index is 1.61. The molecule has 7 heteroatoms. The average molecular weight is 398 g/mol. The molecule has 0 fully saturated rings. The van der Waals surface area contributed by atoms with Crippen molar-refractivity contribution in [2.24, 2.45) is 4.99 Å². The lowest BCUT2D eigenvalue weighted by molar-refractivity contribution is 0.105. The lowest BCUT2D eigenvalue weighted by Crippen LogP contribution is -2.37. The predicted octanol–water partition coefficient (Wildman–Crippen LogP) is 3.45. The summed E-state index contributed by atoms with van der Waals surface area (Å²) in [7, 11) is 1.68. The fourth-order valence-electron chi connectivity index (χ4n) is 2.01. The fraction of sp³-hybridized carbons (Fsp3) is 0.353. The van der Waals surface area contributed by atoms with Crippen molar-refractivity contribution in [2.45, 2.75) is 19.6 Å². The lowest BCUT2D eigenvalue weighted by Gasteiger charge is -2.12. The van der Waals surface area contributed by atoms with Crippen LogP contribution in [0.4, 0.5) is 4.39 Å². The number of rotatable bonds is 8. The molecule has 0 aliphatic rings. The molecule has 0 saturated carbocycles. The van der Waals surface area contributed by atoms with Gasteiger partial charge in [-0.3, -0.25) is 4.99 Å². The minimum absolute atomic E-state index is 0.251. The molecule has 0 aliphatic carbocycles. The molecule has 0 aliphatic heterocycles. The van der Waals surface area contributed by atoms with E-state index in [-0.39, 0.29) is 5.82 Å². The van der Waals surface area contributed by atoms with Gasteiger partial charge in [-0.1, -0.05) is 22.0 Å². The van der Waals surface area contributed by atoms with Crippen LogP contribution in [0.1, 0.15) is 17.7 Å². The van der Waals surface area contributed by atoms with Crippen LogP contribution in [-0.2, 0) is 17.9 Å². The topological polar surface area (TPSA) is 58.8 Å². The second-order valence-electron chi connectivity index (χ2n) is 5.07. The van der Waals surface area contributed by atoms with Crippen LogP contribution in [0.5, 0.6) is 0 Å². The normalized spacial score (nSPS) is 11.5. The SMILES string of the molecule is CN=C(NCCCOCc1ccco1)NCc1ccc(Br)cc1F. The van der Waals surface area contributed by atoms with E-state index >= 15 is 0 Å². The van der Waals surface area contributed by atoms with Crippen LogP contribution < -0.4 is 10.6 Å². The molecule has 5 nitrogen and oxygen atoms in total. The molecule has 0 saturated heterocycles. The molecule has 2 N–H and O–H groups in total. The number of hydrogen-bond donors (Lipinski definition) is 2. The first-order valence-corrected chi connectivity index (χ1v) is 8.47. The first-order chi connectivity index (χ1) is 11.7. The van der Waals surface area contributed by atoms with E-state index in [2.05, 4.69) is 31.6 Å². The van der Waals surface area contributed by atoms with Crippen molar-refractivity contribution in [3.05, 3.63) is 58.2 Å². The summed E-state index contributed by atoms with van der Waals surface area (Å²) in [5.41, 5.74) is 0.586. The highest BCUT2D eigenvalue weighted by molar-refractivity contribution is 9.10. The van der Waals surface area contributed by atoms with Crippen molar-refractivity contribution in [2.75, 3.05) is 20.2 Å². The Morgan fingerprint density at radius 1 is 1.33 bits per heavy atom. The number of benzene rings is 1. The second kappa shape index (κ2) is 10.1. The van der Waals surface area contributed by atoms with Gasteiger partial charge >= 0.3 is 0 Å². The number of ether oxygens (including phenoxy) is 1. The van der Waals surface area contributed by atoms with Crippen LogP contribution in [-0.4, -0.2) is 26.2 Å². The number of halogens is 2. The third-order valence-electron chi connectivity index (χ3n) is 3.27. The number of furan rings is 1. The van der Waals surface area contributed by atoms with Crippen LogP contribution in [0.25, 0.3) is 0 Å². The van der Waals surface area contributed by atoms with Crippen LogP contribution in [0, 0.1) is 5.82 Å². The molecule has 0 amide bonds. The highest BCUT2D eigenvalue weighted by Crippen LogP contribution is 2.14. The number of nitrogens with zero attached hydrogens (tertiary/aromatic N) is 1. The molecule has 0 unspecified atom stereocenters. The van der Waals surface area contributed by atoms with Crippen LogP contribution in [0.2, 0.25) is 0 Å². The molecule has 24 heavy (non-hydrogen) atoms.